The maximum atomic E-state index is 11.4. The number of aliphatic carboxylic acids is 1. The van der Waals surface area contributed by atoms with Crippen molar-refractivity contribution in [3.8, 4) is 0 Å². The second-order valence-electron chi connectivity index (χ2n) is 5.58. The van der Waals surface area contributed by atoms with E-state index in [9.17, 15) is 14.7 Å². The third kappa shape index (κ3) is 4.05. The van der Waals surface area contributed by atoms with Crippen molar-refractivity contribution in [3.05, 3.63) is 29.6 Å². The van der Waals surface area contributed by atoms with Crippen LogP contribution in [-0.4, -0.2) is 29.0 Å². The lowest BCUT2D eigenvalue weighted by atomic mass is 9.78. The van der Waals surface area contributed by atoms with E-state index in [2.05, 4.69) is 10.3 Å². The van der Waals surface area contributed by atoms with E-state index in [1.54, 1.807) is 19.2 Å². The molecule has 0 saturated carbocycles. The fraction of sp³-hybridized carbons (Fsp3) is 0.500. The van der Waals surface area contributed by atoms with Gasteiger partial charge < -0.3 is 10.4 Å². The highest BCUT2D eigenvalue weighted by Crippen LogP contribution is 2.28. The standard InChI is InChI=1S/C14H20N2O3/c1-14(2,3)11(13(18)19)7-10-6-5-9(8-16-10)12(17)15-4/h5-6,8,11H,7H2,1-4H3,(H,15,17)(H,18,19). The highest BCUT2D eigenvalue weighted by atomic mass is 16.4. The predicted molar refractivity (Wildman–Crippen MR) is 71.9 cm³/mol. The van der Waals surface area contributed by atoms with Crippen LogP contribution in [-0.2, 0) is 11.2 Å². The molecule has 1 rings (SSSR count). The summed E-state index contributed by atoms with van der Waals surface area (Å²) in [4.78, 5) is 26.8. The third-order valence-corrected chi connectivity index (χ3v) is 3.07. The van der Waals surface area contributed by atoms with Gasteiger partial charge in [-0.1, -0.05) is 20.8 Å². The molecule has 1 heterocycles. The summed E-state index contributed by atoms with van der Waals surface area (Å²) in [5.41, 5.74) is 0.802. The molecular formula is C14H20N2O3. The number of hydrogen-bond donors (Lipinski definition) is 2. The van der Waals surface area contributed by atoms with Crippen LogP contribution in [0.5, 0.6) is 0 Å². The minimum atomic E-state index is -0.829. The van der Waals surface area contributed by atoms with Crippen LogP contribution >= 0.6 is 0 Å². The van der Waals surface area contributed by atoms with E-state index in [1.807, 2.05) is 20.8 Å². The fourth-order valence-electron chi connectivity index (χ4n) is 1.80. The van der Waals surface area contributed by atoms with Gasteiger partial charge in [-0.15, -0.1) is 0 Å². The number of hydrogen-bond acceptors (Lipinski definition) is 3. The van der Waals surface area contributed by atoms with Gasteiger partial charge in [-0.3, -0.25) is 14.6 Å². The lowest BCUT2D eigenvalue weighted by Gasteiger charge is -2.26. The second kappa shape index (κ2) is 5.82. The van der Waals surface area contributed by atoms with E-state index in [4.69, 9.17) is 0 Å². The van der Waals surface area contributed by atoms with E-state index < -0.39 is 11.9 Å². The lowest BCUT2D eigenvalue weighted by Crippen LogP contribution is -2.30. The molecule has 0 aliphatic carbocycles. The summed E-state index contributed by atoms with van der Waals surface area (Å²) in [6, 6.07) is 3.36. The predicted octanol–water partition coefficient (Wildman–Crippen LogP) is 1.73. The number of rotatable bonds is 4. The molecule has 5 heteroatoms. The van der Waals surface area contributed by atoms with E-state index in [0.717, 1.165) is 0 Å². The zero-order valence-corrected chi connectivity index (χ0v) is 11.7. The van der Waals surface area contributed by atoms with Crippen LogP contribution in [0.4, 0.5) is 0 Å². The Morgan fingerprint density at radius 3 is 2.37 bits per heavy atom. The average molecular weight is 264 g/mol. The molecule has 1 amide bonds. The van der Waals surface area contributed by atoms with Gasteiger partial charge >= 0.3 is 5.97 Å². The Hall–Kier alpha value is -1.91. The molecule has 0 bridgehead atoms. The Balaban J connectivity index is 2.87. The normalized spacial score (nSPS) is 12.8. The molecule has 2 N–H and O–H groups in total. The van der Waals surface area contributed by atoms with Crippen molar-refractivity contribution in [3.63, 3.8) is 0 Å². The Morgan fingerprint density at radius 1 is 1.37 bits per heavy atom. The molecule has 19 heavy (non-hydrogen) atoms. The molecule has 0 saturated heterocycles. The Morgan fingerprint density at radius 2 is 2.00 bits per heavy atom. The first kappa shape index (κ1) is 15.1. The van der Waals surface area contributed by atoms with Gasteiger partial charge in [0.1, 0.15) is 0 Å². The maximum Gasteiger partial charge on any atom is 0.307 e. The van der Waals surface area contributed by atoms with E-state index in [-0.39, 0.29) is 11.3 Å². The van der Waals surface area contributed by atoms with Crippen LogP contribution in [0.3, 0.4) is 0 Å². The van der Waals surface area contributed by atoms with Gasteiger partial charge in [0.15, 0.2) is 0 Å². The van der Waals surface area contributed by atoms with E-state index in [1.165, 1.54) is 6.20 Å². The fourth-order valence-corrected chi connectivity index (χ4v) is 1.80. The molecule has 1 atom stereocenters. The quantitative estimate of drug-likeness (QED) is 0.868. The average Bonchev–Trinajstić information content (AvgIpc) is 2.34. The number of carboxylic acids is 1. The summed E-state index contributed by atoms with van der Waals surface area (Å²) in [5, 5.41) is 11.8. The molecule has 1 aromatic heterocycles. The first-order chi connectivity index (χ1) is 8.75. The molecule has 104 valence electrons. The van der Waals surface area contributed by atoms with Gasteiger partial charge in [0.05, 0.1) is 11.5 Å². The molecule has 0 radical (unpaired) electrons. The third-order valence-electron chi connectivity index (χ3n) is 3.07. The summed E-state index contributed by atoms with van der Waals surface area (Å²) in [7, 11) is 1.55. The molecular weight excluding hydrogens is 244 g/mol. The van der Waals surface area contributed by atoms with Gasteiger partial charge in [-0.2, -0.15) is 0 Å². The number of pyridine rings is 1. The molecule has 0 fully saturated rings. The number of nitrogens with zero attached hydrogens (tertiary/aromatic N) is 1. The topological polar surface area (TPSA) is 79.3 Å². The maximum absolute atomic E-state index is 11.4. The van der Waals surface area contributed by atoms with Gasteiger partial charge in [0.2, 0.25) is 0 Å². The van der Waals surface area contributed by atoms with Crippen molar-refractivity contribution in [2.45, 2.75) is 27.2 Å². The number of amides is 1. The van der Waals surface area contributed by atoms with Crippen molar-refractivity contribution in [2.75, 3.05) is 7.05 Å². The minimum absolute atomic E-state index is 0.204. The van der Waals surface area contributed by atoms with Gasteiger partial charge in [0, 0.05) is 25.4 Å². The Kier molecular flexibility index (Phi) is 4.64. The van der Waals surface area contributed by atoms with Gasteiger partial charge in [0.25, 0.3) is 5.91 Å². The summed E-state index contributed by atoms with van der Waals surface area (Å²) in [6.07, 6.45) is 1.82. The van der Waals surface area contributed by atoms with Crippen LogP contribution in [0.25, 0.3) is 0 Å². The largest absolute Gasteiger partial charge is 0.481 e. The first-order valence-corrected chi connectivity index (χ1v) is 6.15. The molecule has 1 aromatic rings. The van der Waals surface area contributed by atoms with Crippen molar-refractivity contribution in [1.82, 2.24) is 10.3 Å². The second-order valence-corrected chi connectivity index (χ2v) is 5.58. The Labute approximate surface area is 113 Å². The number of nitrogens with one attached hydrogen (secondary N) is 1. The number of carbonyl (C=O) groups excluding carboxylic acids is 1. The van der Waals surface area contributed by atoms with E-state index >= 15 is 0 Å². The van der Waals surface area contributed by atoms with Crippen LogP contribution in [0.1, 0.15) is 36.8 Å². The highest BCUT2D eigenvalue weighted by molar-refractivity contribution is 5.93. The zero-order chi connectivity index (χ0) is 14.6. The number of aromatic nitrogens is 1. The summed E-state index contributed by atoms with van der Waals surface area (Å²) in [6.45, 7) is 5.68. The zero-order valence-electron chi connectivity index (χ0n) is 11.7. The van der Waals surface area contributed by atoms with Gasteiger partial charge in [-0.05, 0) is 17.5 Å². The summed E-state index contributed by atoms with van der Waals surface area (Å²) >= 11 is 0. The molecule has 5 nitrogen and oxygen atoms in total. The van der Waals surface area contributed by atoms with Crippen LogP contribution in [0.15, 0.2) is 18.3 Å². The summed E-state index contributed by atoms with van der Waals surface area (Å²) in [5.74, 6) is -1.54. The van der Waals surface area contributed by atoms with E-state index in [0.29, 0.717) is 17.7 Å². The molecule has 1 unspecified atom stereocenters. The lowest BCUT2D eigenvalue weighted by molar-refractivity contribution is -0.145. The molecule has 0 spiro atoms. The first-order valence-electron chi connectivity index (χ1n) is 6.15. The number of carbonyl (C=O) groups is 2. The SMILES string of the molecule is CNC(=O)c1ccc(CC(C(=O)O)C(C)(C)C)nc1. The molecule has 0 aromatic carbocycles. The molecule has 0 aliphatic rings. The highest BCUT2D eigenvalue weighted by Gasteiger charge is 2.31. The van der Waals surface area contributed by atoms with Crippen LogP contribution in [0, 0.1) is 11.3 Å². The van der Waals surface area contributed by atoms with Crippen molar-refractivity contribution in [1.29, 1.82) is 0 Å². The Bertz CT molecular complexity index is 461. The monoisotopic (exact) mass is 264 g/mol. The smallest absolute Gasteiger partial charge is 0.307 e. The van der Waals surface area contributed by atoms with Crippen LogP contribution in [0.2, 0.25) is 0 Å². The number of carboxylic acid groups (broad SMARTS) is 1. The van der Waals surface area contributed by atoms with Crippen LogP contribution < -0.4 is 5.32 Å². The summed E-state index contributed by atoms with van der Waals surface area (Å²) < 4.78 is 0. The van der Waals surface area contributed by atoms with Crippen molar-refractivity contribution < 1.29 is 14.7 Å². The van der Waals surface area contributed by atoms with Gasteiger partial charge in [-0.25, -0.2) is 0 Å². The minimum Gasteiger partial charge on any atom is -0.481 e. The van der Waals surface area contributed by atoms with Crippen molar-refractivity contribution >= 4 is 11.9 Å². The molecule has 0 aliphatic heterocycles. The van der Waals surface area contributed by atoms with Crippen molar-refractivity contribution in [2.24, 2.45) is 11.3 Å².